The monoisotopic (exact) mass is 492 g/mol. The lowest BCUT2D eigenvalue weighted by Crippen LogP contribution is -2.45. The molecule has 8 nitrogen and oxygen atoms in total. The number of guanidine groups is 1. The van der Waals surface area contributed by atoms with Crippen molar-refractivity contribution >= 4 is 35.8 Å². The number of hydrogen-bond acceptors (Lipinski definition) is 4. The van der Waals surface area contributed by atoms with Crippen LogP contribution >= 0.6 is 24.0 Å². The summed E-state index contributed by atoms with van der Waals surface area (Å²) in [5.41, 5.74) is -0.368. The zero-order chi connectivity index (χ0) is 19.0. The van der Waals surface area contributed by atoms with Gasteiger partial charge in [-0.25, -0.2) is 4.99 Å². The molecule has 1 aromatic rings. The maximum atomic E-state index is 12.1. The molecule has 1 aliphatic carbocycles. The molecule has 4 N–H and O–H groups in total. The van der Waals surface area contributed by atoms with Crippen molar-refractivity contribution in [3.63, 3.8) is 0 Å². The zero-order valence-electron chi connectivity index (χ0n) is 16.5. The third-order valence-corrected chi connectivity index (χ3v) is 4.62. The van der Waals surface area contributed by atoms with Crippen molar-refractivity contribution in [2.45, 2.75) is 57.6 Å². The Bertz CT molecular complexity index is 611. The van der Waals surface area contributed by atoms with Crippen LogP contribution in [0.25, 0.3) is 0 Å². The summed E-state index contributed by atoms with van der Waals surface area (Å²) in [6.07, 6.45) is 9.16. The average molecular weight is 492 g/mol. The number of aliphatic imine (C=N–C) groups is 1. The van der Waals surface area contributed by atoms with Gasteiger partial charge in [-0.2, -0.15) is 5.10 Å². The number of amides is 1. The molecule has 1 amide bonds. The molecule has 1 saturated carbocycles. The Balaban J connectivity index is 0.00000364. The largest absolute Gasteiger partial charge is 0.383 e. The van der Waals surface area contributed by atoms with Crippen LogP contribution in [-0.2, 0) is 17.4 Å². The maximum absolute atomic E-state index is 12.1. The first-order chi connectivity index (χ1) is 12.4. The van der Waals surface area contributed by atoms with Gasteiger partial charge in [0.1, 0.15) is 12.1 Å². The molecule has 1 unspecified atom stereocenters. The van der Waals surface area contributed by atoms with E-state index < -0.39 is 5.60 Å². The van der Waals surface area contributed by atoms with E-state index in [4.69, 9.17) is 0 Å². The molecule has 154 valence electrons. The number of nitrogens with one attached hydrogen (secondary N) is 3. The predicted octanol–water partition coefficient (Wildman–Crippen LogP) is 1.25. The van der Waals surface area contributed by atoms with Gasteiger partial charge in [0.2, 0.25) is 5.91 Å². The van der Waals surface area contributed by atoms with Gasteiger partial charge in [-0.15, -0.1) is 24.0 Å². The van der Waals surface area contributed by atoms with E-state index >= 15 is 0 Å². The highest BCUT2D eigenvalue weighted by atomic mass is 127. The molecule has 0 aliphatic heterocycles. The van der Waals surface area contributed by atoms with Crippen LogP contribution in [0.4, 0.5) is 0 Å². The van der Waals surface area contributed by atoms with Gasteiger partial charge >= 0.3 is 0 Å². The molecule has 0 radical (unpaired) electrons. The van der Waals surface area contributed by atoms with Crippen LogP contribution in [0.2, 0.25) is 0 Å². The minimum Gasteiger partial charge on any atom is -0.383 e. The molecule has 27 heavy (non-hydrogen) atoms. The van der Waals surface area contributed by atoms with Crippen molar-refractivity contribution < 1.29 is 9.90 Å². The predicted molar refractivity (Wildman–Crippen MR) is 117 cm³/mol. The number of halogens is 1. The summed E-state index contributed by atoms with van der Waals surface area (Å²) in [6, 6.07) is 0.285. The summed E-state index contributed by atoms with van der Waals surface area (Å²) < 4.78 is 1.65. The van der Waals surface area contributed by atoms with E-state index in [1.807, 2.05) is 14.0 Å². The van der Waals surface area contributed by atoms with E-state index in [9.17, 15) is 9.90 Å². The topological polar surface area (TPSA) is 104 Å². The number of aryl methyl sites for hydroxylation is 1. The minimum absolute atomic E-state index is 0. The summed E-state index contributed by atoms with van der Waals surface area (Å²) >= 11 is 0. The number of aliphatic hydroxyl groups is 1. The van der Waals surface area contributed by atoms with E-state index in [0.29, 0.717) is 12.5 Å². The van der Waals surface area contributed by atoms with Crippen molar-refractivity contribution in [3.05, 3.63) is 18.0 Å². The molecule has 1 heterocycles. The molecular weight excluding hydrogens is 459 g/mol. The summed E-state index contributed by atoms with van der Waals surface area (Å²) in [5.74, 6) is 0.448. The van der Waals surface area contributed by atoms with Crippen LogP contribution < -0.4 is 16.0 Å². The van der Waals surface area contributed by atoms with Gasteiger partial charge in [-0.1, -0.05) is 19.3 Å². The van der Waals surface area contributed by atoms with Crippen LogP contribution in [0, 0.1) is 0 Å². The van der Waals surface area contributed by atoms with Gasteiger partial charge in [-0.3, -0.25) is 9.48 Å². The Labute approximate surface area is 178 Å². The maximum Gasteiger partial charge on any atom is 0.242 e. The molecule has 9 heteroatoms. The van der Waals surface area contributed by atoms with Crippen molar-refractivity contribution in [2.24, 2.45) is 12.0 Å². The van der Waals surface area contributed by atoms with E-state index in [2.05, 4.69) is 26.0 Å². The SMILES string of the molecule is CCNC(=NCC(=O)NC1CCCCC1)NCC(C)(O)c1cnn(C)c1.I. The molecule has 1 fully saturated rings. The highest BCUT2D eigenvalue weighted by molar-refractivity contribution is 14.0. The third-order valence-electron chi connectivity index (χ3n) is 4.62. The van der Waals surface area contributed by atoms with Crippen LogP contribution in [0.1, 0.15) is 51.5 Å². The molecule has 0 bridgehead atoms. The second-order valence-electron chi connectivity index (χ2n) is 7.13. The lowest BCUT2D eigenvalue weighted by molar-refractivity contribution is -0.120. The molecule has 2 rings (SSSR count). The number of nitrogens with zero attached hydrogens (tertiary/aromatic N) is 3. The summed E-state index contributed by atoms with van der Waals surface area (Å²) in [5, 5.41) is 24.0. The van der Waals surface area contributed by atoms with E-state index in [-0.39, 0.29) is 49.0 Å². The second-order valence-corrected chi connectivity index (χ2v) is 7.13. The van der Waals surface area contributed by atoms with E-state index in [1.54, 1.807) is 24.0 Å². The average Bonchev–Trinajstić information content (AvgIpc) is 3.06. The Morgan fingerprint density at radius 3 is 2.67 bits per heavy atom. The van der Waals surface area contributed by atoms with Crippen molar-refractivity contribution in [1.29, 1.82) is 0 Å². The van der Waals surface area contributed by atoms with E-state index in [1.165, 1.54) is 19.3 Å². The van der Waals surface area contributed by atoms with Gasteiger partial charge in [0.05, 0.1) is 12.7 Å². The fourth-order valence-corrected chi connectivity index (χ4v) is 3.07. The van der Waals surface area contributed by atoms with Gasteiger partial charge in [0.25, 0.3) is 0 Å². The number of aromatic nitrogens is 2. The lowest BCUT2D eigenvalue weighted by Gasteiger charge is -2.24. The summed E-state index contributed by atoms with van der Waals surface area (Å²) in [6.45, 7) is 4.68. The highest BCUT2D eigenvalue weighted by Gasteiger charge is 2.25. The Morgan fingerprint density at radius 1 is 1.37 bits per heavy atom. The Hall–Kier alpha value is -1.36. The molecule has 1 atom stereocenters. The minimum atomic E-state index is -1.09. The lowest BCUT2D eigenvalue weighted by atomic mass is 9.95. The number of hydrogen-bond donors (Lipinski definition) is 4. The molecule has 0 saturated heterocycles. The van der Waals surface area contributed by atoms with Gasteiger partial charge in [0.15, 0.2) is 5.96 Å². The fraction of sp³-hybridized carbons (Fsp3) is 0.722. The van der Waals surface area contributed by atoms with Crippen molar-refractivity contribution in [3.8, 4) is 0 Å². The van der Waals surface area contributed by atoms with Crippen molar-refractivity contribution in [2.75, 3.05) is 19.6 Å². The normalized spacial score (nSPS) is 17.6. The standard InChI is InChI=1S/C18H32N6O2.HI/c1-4-19-17(20-11-16(25)23-15-8-6-5-7-9-15)21-13-18(2,26)14-10-22-24(3)12-14;/h10,12,15,26H,4-9,11,13H2,1-3H3,(H,23,25)(H2,19,20,21);1H. The first-order valence-corrected chi connectivity index (χ1v) is 9.44. The summed E-state index contributed by atoms with van der Waals surface area (Å²) in [7, 11) is 1.81. The fourth-order valence-electron chi connectivity index (χ4n) is 3.07. The van der Waals surface area contributed by atoms with Gasteiger partial charge in [-0.05, 0) is 26.7 Å². The quantitative estimate of drug-likeness (QED) is 0.261. The van der Waals surface area contributed by atoms with Crippen LogP contribution in [0.3, 0.4) is 0 Å². The first kappa shape index (κ1) is 23.7. The van der Waals surface area contributed by atoms with Gasteiger partial charge in [0, 0.05) is 31.4 Å². The van der Waals surface area contributed by atoms with Gasteiger partial charge < -0.3 is 21.1 Å². The Morgan fingerprint density at radius 2 is 2.07 bits per heavy atom. The number of carbonyl (C=O) groups is 1. The Kier molecular flexibility index (Phi) is 10.1. The third kappa shape index (κ3) is 8.04. The molecular formula is C18H33IN6O2. The van der Waals surface area contributed by atoms with Crippen molar-refractivity contribution in [1.82, 2.24) is 25.7 Å². The molecule has 1 aromatic heterocycles. The van der Waals surface area contributed by atoms with Crippen LogP contribution in [0.5, 0.6) is 0 Å². The van der Waals surface area contributed by atoms with Crippen LogP contribution in [-0.4, -0.2) is 52.4 Å². The second kappa shape index (κ2) is 11.5. The summed E-state index contributed by atoms with van der Waals surface area (Å²) in [4.78, 5) is 16.4. The zero-order valence-corrected chi connectivity index (χ0v) is 18.8. The van der Waals surface area contributed by atoms with Crippen LogP contribution in [0.15, 0.2) is 17.4 Å². The smallest absolute Gasteiger partial charge is 0.242 e. The highest BCUT2D eigenvalue weighted by Crippen LogP contribution is 2.18. The molecule has 0 spiro atoms. The van der Waals surface area contributed by atoms with E-state index in [0.717, 1.165) is 18.4 Å². The number of carbonyl (C=O) groups excluding carboxylic acids is 1. The molecule has 1 aliphatic rings. The first-order valence-electron chi connectivity index (χ1n) is 9.44. The molecule has 0 aromatic carbocycles. The number of rotatable bonds is 7.